The van der Waals surface area contributed by atoms with Crippen LogP contribution in [0.25, 0.3) is 0 Å². The average Bonchev–Trinajstić information content (AvgIpc) is 2.46. The Morgan fingerprint density at radius 1 is 1.05 bits per heavy atom. The summed E-state index contributed by atoms with van der Waals surface area (Å²) in [6.45, 7) is 0.886. The number of hydrogen-bond acceptors (Lipinski definition) is 2. The molecule has 21 heavy (non-hydrogen) atoms. The molecule has 0 saturated carbocycles. The molecule has 112 valence electrons. The van der Waals surface area contributed by atoms with Crippen molar-refractivity contribution in [2.45, 2.75) is 6.10 Å². The van der Waals surface area contributed by atoms with E-state index in [0.717, 1.165) is 15.9 Å². The predicted octanol–water partition coefficient (Wildman–Crippen LogP) is 3.46. The molecule has 1 unspecified atom stereocenters. The normalized spacial score (nSPS) is 13.0. The van der Waals surface area contributed by atoms with Gasteiger partial charge in [-0.2, -0.15) is 0 Å². The quantitative estimate of drug-likeness (QED) is 0.808. The van der Waals surface area contributed by atoms with Crippen molar-refractivity contribution >= 4 is 21.6 Å². The molecule has 2 aromatic carbocycles. The van der Waals surface area contributed by atoms with E-state index in [2.05, 4.69) is 42.2 Å². The van der Waals surface area contributed by atoms with E-state index in [1.54, 1.807) is 0 Å². The van der Waals surface area contributed by atoms with Crippen LogP contribution in [0, 0.1) is 0 Å². The van der Waals surface area contributed by atoms with Gasteiger partial charge in [0.2, 0.25) is 0 Å². The maximum absolute atomic E-state index is 10.2. The number of halogens is 1. The van der Waals surface area contributed by atoms with Gasteiger partial charge < -0.3 is 9.84 Å². The highest BCUT2D eigenvalue weighted by molar-refractivity contribution is 9.10. The summed E-state index contributed by atoms with van der Waals surface area (Å²) in [6.07, 6.45) is -0.524. The Morgan fingerprint density at radius 3 is 2.29 bits per heavy atom. The first-order valence-electron chi connectivity index (χ1n) is 6.92. The number of hydrogen-bond donors (Lipinski definition) is 1. The third kappa shape index (κ3) is 4.84. The molecule has 0 aliphatic rings. The number of likely N-dealkylation sites (N-methyl/N-ethyl adjacent to an activating group) is 1. The second kappa shape index (κ2) is 7.07. The fourth-order valence-electron chi connectivity index (χ4n) is 2.24. The van der Waals surface area contributed by atoms with Crippen LogP contribution in [-0.4, -0.2) is 38.5 Å². The molecule has 4 heteroatoms. The minimum absolute atomic E-state index is 0.294. The highest BCUT2D eigenvalue weighted by Gasteiger charge is 2.23. The summed E-state index contributed by atoms with van der Waals surface area (Å²) >= 11 is 3.44. The molecule has 3 nitrogen and oxygen atoms in total. The van der Waals surface area contributed by atoms with E-state index >= 15 is 0 Å². The van der Waals surface area contributed by atoms with Crippen molar-refractivity contribution in [1.82, 2.24) is 4.48 Å². The molecule has 0 heterocycles. The van der Waals surface area contributed by atoms with E-state index in [1.165, 1.54) is 0 Å². The summed E-state index contributed by atoms with van der Waals surface area (Å²) < 4.78 is 7.26. The van der Waals surface area contributed by atoms with E-state index in [0.29, 0.717) is 17.6 Å². The molecule has 0 fully saturated rings. The van der Waals surface area contributed by atoms with E-state index < -0.39 is 6.10 Å². The molecule has 2 aromatic rings. The van der Waals surface area contributed by atoms with Gasteiger partial charge >= 0.3 is 0 Å². The van der Waals surface area contributed by atoms with Gasteiger partial charge in [0.1, 0.15) is 30.7 Å². The SMILES string of the molecule is C[N+](C)(CC(O)COc1ccccc1)c1ccc(Br)cc1. The molecule has 1 atom stereocenters. The number of nitrogens with zero attached hydrogens (tertiary/aromatic N) is 1. The fourth-order valence-corrected chi connectivity index (χ4v) is 2.50. The first kappa shape index (κ1) is 16.0. The summed E-state index contributed by atoms with van der Waals surface area (Å²) in [5.41, 5.74) is 1.15. The molecule has 0 spiro atoms. The van der Waals surface area contributed by atoms with Crippen molar-refractivity contribution in [3.8, 4) is 5.75 Å². The van der Waals surface area contributed by atoms with Crippen LogP contribution in [0.15, 0.2) is 59.1 Å². The summed E-state index contributed by atoms with van der Waals surface area (Å²) in [7, 11) is 4.16. The number of aliphatic hydroxyl groups is 1. The van der Waals surface area contributed by atoms with Crippen LogP contribution in [0.3, 0.4) is 0 Å². The topological polar surface area (TPSA) is 29.5 Å². The number of para-hydroxylation sites is 1. The van der Waals surface area contributed by atoms with Crippen LogP contribution in [0.5, 0.6) is 5.75 Å². The Bertz CT molecular complexity index is 555. The highest BCUT2D eigenvalue weighted by Crippen LogP contribution is 2.22. The zero-order chi connectivity index (χ0) is 15.3. The van der Waals surface area contributed by atoms with E-state index in [-0.39, 0.29) is 0 Å². The van der Waals surface area contributed by atoms with Gasteiger partial charge in [0.25, 0.3) is 0 Å². The van der Waals surface area contributed by atoms with Crippen LogP contribution in [-0.2, 0) is 0 Å². The number of benzene rings is 2. The second-order valence-corrected chi connectivity index (χ2v) is 6.54. The van der Waals surface area contributed by atoms with Crippen molar-refractivity contribution < 1.29 is 9.84 Å². The largest absolute Gasteiger partial charge is 0.491 e. The van der Waals surface area contributed by atoms with E-state index in [4.69, 9.17) is 4.74 Å². The standard InChI is InChI=1S/C17H21BrNO2/c1-19(2,15-10-8-14(18)9-11-15)12-16(20)13-21-17-6-4-3-5-7-17/h3-11,16,20H,12-13H2,1-2H3/q+1. The Kier molecular flexibility index (Phi) is 5.39. The lowest BCUT2D eigenvalue weighted by atomic mass is 10.2. The smallest absolute Gasteiger partial charge is 0.137 e. The summed E-state index contributed by atoms with van der Waals surface area (Å²) in [4.78, 5) is 0. The Morgan fingerprint density at radius 2 is 1.67 bits per heavy atom. The zero-order valence-corrected chi connectivity index (χ0v) is 14.0. The minimum Gasteiger partial charge on any atom is -0.491 e. The molecule has 0 radical (unpaired) electrons. The third-order valence-corrected chi connectivity index (χ3v) is 3.91. The number of aliphatic hydroxyl groups excluding tert-OH is 1. The van der Waals surface area contributed by atoms with Crippen molar-refractivity contribution in [2.24, 2.45) is 0 Å². The molecule has 0 aliphatic carbocycles. The molecular formula is C17H21BrNO2+. The van der Waals surface area contributed by atoms with E-state index in [9.17, 15) is 5.11 Å². The van der Waals surface area contributed by atoms with Crippen molar-refractivity contribution in [3.63, 3.8) is 0 Å². The maximum Gasteiger partial charge on any atom is 0.137 e. The maximum atomic E-state index is 10.2. The molecule has 0 aromatic heterocycles. The van der Waals surface area contributed by atoms with Gasteiger partial charge in [-0.15, -0.1) is 0 Å². The van der Waals surface area contributed by atoms with Gasteiger partial charge in [0.15, 0.2) is 0 Å². The van der Waals surface area contributed by atoms with Crippen molar-refractivity contribution in [3.05, 3.63) is 59.1 Å². The van der Waals surface area contributed by atoms with Crippen LogP contribution in [0.4, 0.5) is 5.69 Å². The Labute approximate surface area is 134 Å². The minimum atomic E-state index is -0.524. The zero-order valence-electron chi connectivity index (χ0n) is 12.4. The molecule has 2 rings (SSSR count). The summed E-state index contributed by atoms with van der Waals surface area (Å²) in [5.74, 6) is 0.783. The Hall–Kier alpha value is -1.36. The van der Waals surface area contributed by atoms with E-state index in [1.807, 2.05) is 42.5 Å². The monoisotopic (exact) mass is 350 g/mol. The second-order valence-electron chi connectivity index (χ2n) is 5.62. The van der Waals surface area contributed by atoms with Gasteiger partial charge in [-0.25, -0.2) is 0 Å². The number of rotatable bonds is 6. The van der Waals surface area contributed by atoms with Gasteiger partial charge in [0, 0.05) is 16.6 Å². The molecule has 0 bridgehead atoms. The molecule has 0 saturated heterocycles. The van der Waals surface area contributed by atoms with Crippen LogP contribution in [0.2, 0.25) is 0 Å². The lowest BCUT2D eigenvalue weighted by Crippen LogP contribution is -2.47. The van der Waals surface area contributed by atoms with Crippen molar-refractivity contribution in [1.29, 1.82) is 0 Å². The highest BCUT2D eigenvalue weighted by atomic mass is 79.9. The fraction of sp³-hybridized carbons (Fsp3) is 0.294. The molecule has 1 N–H and O–H groups in total. The van der Waals surface area contributed by atoms with Crippen molar-refractivity contribution in [2.75, 3.05) is 27.2 Å². The van der Waals surface area contributed by atoms with Gasteiger partial charge in [-0.3, -0.25) is 4.48 Å². The molecule has 0 amide bonds. The van der Waals surface area contributed by atoms with Gasteiger partial charge in [-0.05, 0) is 24.3 Å². The third-order valence-electron chi connectivity index (χ3n) is 3.38. The number of ether oxygens (including phenoxy) is 1. The lowest BCUT2D eigenvalue weighted by molar-refractivity contribution is 0.0840. The van der Waals surface area contributed by atoms with Crippen LogP contribution < -0.4 is 9.22 Å². The predicted molar refractivity (Wildman–Crippen MR) is 90.6 cm³/mol. The lowest BCUT2D eigenvalue weighted by Gasteiger charge is -2.31. The van der Waals surface area contributed by atoms with Crippen LogP contribution in [0.1, 0.15) is 0 Å². The summed E-state index contributed by atoms with van der Waals surface area (Å²) in [6, 6.07) is 17.7. The first-order chi connectivity index (χ1) is 9.97. The number of quaternary nitrogens is 1. The van der Waals surface area contributed by atoms with Crippen LogP contribution >= 0.6 is 15.9 Å². The summed E-state index contributed by atoms with van der Waals surface area (Å²) in [5, 5.41) is 10.2. The first-order valence-corrected chi connectivity index (χ1v) is 7.72. The van der Waals surface area contributed by atoms with Gasteiger partial charge in [0.05, 0.1) is 14.1 Å². The molecule has 0 aliphatic heterocycles. The average molecular weight is 351 g/mol. The molecular weight excluding hydrogens is 330 g/mol. The van der Waals surface area contributed by atoms with Gasteiger partial charge in [-0.1, -0.05) is 34.1 Å². The Balaban J connectivity index is 1.91.